The largest absolute Gasteiger partial charge is 0.346 e. The summed E-state index contributed by atoms with van der Waals surface area (Å²) < 4.78 is 0. The normalized spacial score (nSPS) is 18.8. The highest BCUT2D eigenvalue weighted by molar-refractivity contribution is 6.33. The maximum Gasteiger partial charge on any atom is 0.279 e. The van der Waals surface area contributed by atoms with Crippen LogP contribution >= 0.6 is 11.6 Å². The van der Waals surface area contributed by atoms with Crippen LogP contribution in [-0.4, -0.2) is 38.0 Å². The maximum atomic E-state index is 11.9. The van der Waals surface area contributed by atoms with E-state index in [1.165, 1.54) is 0 Å². The van der Waals surface area contributed by atoms with Crippen molar-refractivity contribution in [3.8, 4) is 0 Å². The van der Waals surface area contributed by atoms with Gasteiger partial charge in [-0.15, -0.1) is 0 Å². The lowest BCUT2D eigenvalue weighted by molar-refractivity contribution is -0.885. The first-order valence-corrected chi connectivity index (χ1v) is 6.58. The lowest BCUT2D eigenvalue weighted by atomic mass is 10.2. The third-order valence-electron chi connectivity index (χ3n) is 3.02. The van der Waals surface area contributed by atoms with Gasteiger partial charge in [-0.2, -0.15) is 0 Å². The Kier molecular flexibility index (Phi) is 4.39. The molecule has 0 saturated carbocycles. The van der Waals surface area contributed by atoms with E-state index >= 15 is 0 Å². The van der Waals surface area contributed by atoms with Crippen LogP contribution in [0.4, 0.5) is 5.69 Å². The summed E-state index contributed by atoms with van der Waals surface area (Å²) in [4.78, 5) is 24.1. The summed E-state index contributed by atoms with van der Waals surface area (Å²) in [5.74, 6) is -0.141. The number of halogens is 1. The Morgan fingerprint density at radius 2 is 2.32 bits per heavy atom. The second-order valence-electron chi connectivity index (χ2n) is 4.73. The van der Waals surface area contributed by atoms with E-state index in [4.69, 9.17) is 11.6 Å². The van der Waals surface area contributed by atoms with E-state index < -0.39 is 0 Å². The minimum atomic E-state index is -0.129. The Morgan fingerprint density at radius 3 is 3.00 bits per heavy atom. The molecule has 1 aromatic rings. The van der Waals surface area contributed by atoms with Crippen molar-refractivity contribution in [1.82, 2.24) is 5.32 Å². The number of rotatable bonds is 3. The molecule has 2 rings (SSSR count). The first-order chi connectivity index (χ1) is 9.04. The van der Waals surface area contributed by atoms with E-state index in [0.717, 1.165) is 17.0 Å². The topological polar surface area (TPSA) is 62.6 Å². The summed E-state index contributed by atoms with van der Waals surface area (Å²) in [5, 5.41) is 6.04. The van der Waals surface area contributed by atoms with Crippen molar-refractivity contribution in [2.75, 3.05) is 31.5 Å². The summed E-state index contributed by atoms with van der Waals surface area (Å²) in [5.41, 5.74) is 1.65. The highest BCUT2D eigenvalue weighted by Crippen LogP contribution is 2.22. The van der Waals surface area contributed by atoms with Crippen LogP contribution in [-0.2, 0) is 9.59 Å². The Hall–Kier alpha value is -1.59. The van der Waals surface area contributed by atoms with Gasteiger partial charge in [0.2, 0.25) is 0 Å². The van der Waals surface area contributed by atoms with Crippen LogP contribution in [0.5, 0.6) is 0 Å². The molecule has 102 valence electrons. The second kappa shape index (κ2) is 6.04. The highest BCUT2D eigenvalue weighted by atomic mass is 35.5. The van der Waals surface area contributed by atoms with Crippen molar-refractivity contribution in [3.63, 3.8) is 0 Å². The van der Waals surface area contributed by atoms with Crippen molar-refractivity contribution >= 4 is 29.1 Å². The number of aryl methyl sites for hydroxylation is 1. The van der Waals surface area contributed by atoms with Gasteiger partial charge in [0.1, 0.15) is 0 Å². The minimum Gasteiger partial charge on any atom is -0.346 e. The molecule has 0 bridgehead atoms. The number of benzene rings is 1. The van der Waals surface area contributed by atoms with Crippen LogP contribution in [0.15, 0.2) is 18.2 Å². The van der Waals surface area contributed by atoms with Crippen LogP contribution in [0.2, 0.25) is 5.02 Å². The van der Waals surface area contributed by atoms with Gasteiger partial charge >= 0.3 is 0 Å². The van der Waals surface area contributed by atoms with Gasteiger partial charge in [0.25, 0.3) is 11.8 Å². The third-order valence-corrected chi connectivity index (χ3v) is 3.33. The van der Waals surface area contributed by atoms with Gasteiger partial charge < -0.3 is 15.5 Å². The fourth-order valence-electron chi connectivity index (χ4n) is 2.05. The lowest BCUT2D eigenvalue weighted by Crippen LogP contribution is -3.16. The van der Waals surface area contributed by atoms with Gasteiger partial charge in [-0.1, -0.05) is 17.7 Å². The van der Waals surface area contributed by atoms with Crippen molar-refractivity contribution in [2.24, 2.45) is 0 Å². The molecule has 3 N–H and O–H groups in total. The minimum absolute atomic E-state index is 0.0116. The molecule has 1 aliphatic heterocycles. The van der Waals surface area contributed by atoms with Crippen molar-refractivity contribution in [2.45, 2.75) is 6.92 Å². The molecule has 1 unspecified atom stereocenters. The molecule has 1 heterocycles. The molecule has 0 aromatic heterocycles. The van der Waals surface area contributed by atoms with Crippen LogP contribution in [0.3, 0.4) is 0 Å². The van der Waals surface area contributed by atoms with Crippen LogP contribution < -0.4 is 15.5 Å². The Balaban J connectivity index is 1.92. The summed E-state index contributed by atoms with van der Waals surface area (Å²) in [6, 6.07) is 5.48. The first kappa shape index (κ1) is 13.8. The van der Waals surface area contributed by atoms with Crippen molar-refractivity contribution < 1.29 is 14.5 Å². The average Bonchev–Trinajstić information content (AvgIpc) is 2.33. The number of hydrogen-bond donors (Lipinski definition) is 3. The Bertz CT molecular complexity index is 505. The van der Waals surface area contributed by atoms with E-state index in [1.807, 2.05) is 13.0 Å². The van der Waals surface area contributed by atoms with E-state index in [9.17, 15) is 9.59 Å². The molecule has 0 aliphatic carbocycles. The predicted molar refractivity (Wildman–Crippen MR) is 73.4 cm³/mol. The molecule has 1 atom stereocenters. The van der Waals surface area contributed by atoms with Gasteiger partial charge in [-0.25, -0.2) is 0 Å². The number of piperazine rings is 1. The Morgan fingerprint density at radius 1 is 1.53 bits per heavy atom. The zero-order valence-electron chi connectivity index (χ0n) is 10.8. The number of hydrogen-bond acceptors (Lipinski definition) is 2. The third kappa shape index (κ3) is 3.94. The smallest absolute Gasteiger partial charge is 0.279 e. The van der Waals surface area contributed by atoms with Crippen molar-refractivity contribution in [1.29, 1.82) is 0 Å². The molecule has 19 heavy (non-hydrogen) atoms. The number of carbonyl (C=O) groups excluding carboxylic acids is 2. The number of amides is 2. The van der Waals surface area contributed by atoms with Crippen molar-refractivity contribution in [3.05, 3.63) is 28.8 Å². The second-order valence-corrected chi connectivity index (χ2v) is 5.14. The fourth-order valence-corrected chi connectivity index (χ4v) is 2.33. The van der Waals surface area contributed by atoms with Gasteiger partial charge in [-0.3, -0.25) is 9.59 Å². The van der Waals surface area contributed by atoms with E-state index in [1.54, 1.807) is 12.1 Å². The number of anilines is 1. The summed E-state index contributed by atoms with van der Waals surface area (Å²) >= 11 is 6.05. The fraction of sp³-hybridized carbons (Fsp3) is 0.385. The molecule has 2 amide bonds. The molecule has 0 spiro atoms. The van der Waals surface area contributed by atoms with Crippen LogP contribution in [0.25, 0.3) is 0 Å². The SMILES string of the molecule is Cc1ccc(NC(=O)C[NH+]2CCNC(=O)C2)c(Cl)c1. The van der Waals surface area contributed by atoms with E-state index in [-0.39, 0.29) is 18.4 Å². The summed E-state index contributed by atoms with van der Waals surface area (Å²) in [6.07, 6.45) is 0. The monoisotopic (exact) mass is 282 g/mol. The van der Waals surface area contributed by atoms with Gasteiger partial charge in [0.05, 0.1) is 23.8 Å². The number of nitrogens with one attached hydrogen (secondary N) is 3. The molecule has 1 fully saturated rings. The first-order valence-electron chi connectivity index (χ1n) is 6.21. The average molecular weight is 283 g/mol. The number of carbonyl (C=O) groups is 2. The van der Waals surface area contributed by atoms with E-state index in [0.29, 0.717) is 23.8 Å². The number of quaternary nitrogens is 1. The molecule has 1 saturated heterocycles. The summed E-state index contributed by atoms with van der Waals surface area (Å²) in [7, 11) is 0. The van der Waals surface area contributed by atoms with Gasteiger partial charge in [0.15, 0.2) is 13.1 Å². The summed E-state index contributed by atoms with van der Waals surface area (Å²) in [6.45, 7) is 3.94. The van der Waals surface area contributed by atoms with Gasteiger partial charge in [0, 0.05) is 0 Å². The lowest BCUT2D eigenvalue weighted by Gasteiger charge is -2.23. The van der Waals surface area contributed by atoms with Crippen LogP contribution in [0, 0.1) is 6.92 Å². The molecular weight excluding hydrogens is 266 g/mol. The standard InChI is InChI=1S/C13H16ClN3O2/c1-9-2-3-11(10(14)6-9)16-13(19)8-17-5-4-15-12(18)7-17/h2-3,6H,4-5,7-8H2,1H3,(H,15,18)(H,16,19)/p+1. The van der Waals surface area contributed by atoms with Gasteiger partial charge in [-0.05, 0) is 24.6 Å². The molecule has 5 nitrogen and oxygen atoms in total. The molecule has 0 radical (unpaired) electrons. The van der Waals surface area contributed by atoms with Crippen LogP contribution in [0.1, 0.15) is 5.56 Å². The van der Waals surface area contributed by atoms with E-state index in [2.05, 4.69) is 10.6 Å². The zero-order chi connectivity index (χ0) is 13.8. The highest BCUT2D eigenvalue weighted by Gasteiger charge is 2.22. The Labute approximate surface area is 116 Å². The molecule has 6 heteroatoms. The molecular formula is C13H17ClN3O2+. The molecule has 1 aliphatic rings. The predicted octanol–water partition coefficient (Wildman–Crippen LogP) is -0.398. The zero-order valence-corrected chi connectivity index (χ0v) is 11.5. The molecule has 1 aromatic carbocycles. The maximum absolute atomic E-state index is 11.9. The quantitative estimate of drug-likeness (QED) is 0.707.